The van der Waals surface area contributed by atoms with Crippen molar-refractivity contribution < 1.29 is 140 Å². The number of aromatic nitrogens is 8. The van der Waals surface area contributed by atoms with Gasteiger partial charge in [0.25, 0.3) is 10.1 Å². The number of nitrogens with one attached hydrogen (secondary N) is 8. The summed E-state index contributed by atoms with van der Waals surface area (Å²) in [6.07, 6.45) is 8.04. The first-order valence-electron chi connectivity index (χ1n) is 39.3. The average Bonchev–Trinajstić information content (AvgIpc) is 1.59. The van der Waals surface area contributed by atoms with Gasteiger partial charge in [-0.25, -0.2) is 50.5 Å². The van der Waals surface area contributed by atoms with E-state index in [4.69, 9.17) is 24.1 Å². The first-order valence-corrected chi connectivity index (χ1v) is 56.7. The number of nitrogens with zero attached hydrogens (tertiary/aromatic N) is 6. The summed E-state index contributed by atoms with van der Waals surface area (Å²) >= 11 is 0. The fourth-order valence-electron chi connectivity index (χ4n) is 6.14. The zero-order chi connectivity index (χ0) is 104. The predicted octanol–water partition coefficient (Wildman–Crippen LogP) is 5.45. The standard InChI is InChI=1S/C7H13NO2.C7H14O3S.C6H13NO3S.C6H13NO2S.C6H11NO2.C6H12O3S.C5H10N4.C5H11NO3S.C5H11NO2S.C5H12O2S.C4H8N4.C4H11O3P.C3H9O3P.C3H8O3S/c1-5(2)4-7(10)8-6(3)9;1-6(2)4-11(9,10)5-7(3)8;1-5(2)4-6(8)7-11(3,9)10;1-5(2)4-6(8)7-10(3)9;1-4(2)6(9)7-5(3)8;1-5(2)10(8,9)4-6(3)7;1-4(2)3-5-6-8-9-7-5;1-4(2)5(7)6-10(3,8)9;1-4(2)5(7)6-9(3)8;1-5(2)4-8(3,6)7;1-3(2)4-5-7-8-6-4;1-4(2)3-8(5,6)7;2*1-3(2)7(4,5)6/h5H,4H2,1-3H3,(H,8,9,10);6H,4-5H2,1-3H3;5H,4H2,1-3H3,(H,7,8);5H,4H2,1-3H3,(H,7,8);4H,1-3H3,(H,7,8,9);5H,4H2,1-3H3;4H,3H2,1-2H3,(H,6,7,8,9);4H,1-3H3,(H,6,7);4H,1-3H3,(H,6,7);5H,4H2,1-3H3;3H,1-2H3,(H,5,6,7,8);4H,3H2,1-2H3,(H2,5,6,7);3H,1-2H3,(H2,4,5,6);3H,1-2H3,(H,4,5,6). The molecule has 0 aromatic carbocycles. The lowest BCUT2D eigenvalue weighted by atomic mass is 10.1. The van der Waals surface area contributed by atoms with Crippen molar-refractivity contribution in [1.29, 1.82) is 0 Å². The summed E-state index contributed by atoms with van der Waals surface area (Å²) in [7, 11) is -29.4. The second-order valence-electron chi connectivity index (χ2n) is 32.9. The molecular formula is C72H156N14O31P2S8. The van der Waals surface area contributed by atoms with Crippen LogP contribution in [0.25, 0.3) is 0 Å². The number of ketones is 2. The Hall–Kier alpha value is -6.10. The first-order chi connectivity index (χ1) is 56.3. The Balaban J connectivity index is -0.000000112. The van der Waals surface area contributed by atoms with Crippen LogP contribution in [0, 0.1) is 59.2 Å². The lowest BCUT2D eigenvalue weighted by Crippen LogP contribution is -2.32. The zero-order valence-electron chi connectivity index (χ0n) is 81.1. The van der Waals surface area contributed by atoms with Crippen molar-refractivity contribution in [2.24, 2.45) is 59.2 Å². The number of carbonyl (C=O) groups is 10. The van der Waals surface area contributed by atoms with Crippen molar-refractivity contribution in [3.63, 3.8) is 0 Å². The number of rotatable bonds is 29. The highest BCUT2D eigenvalue weighted by molar-refractivity contribution is 7.93. The van der Waals surface area contributed by atoms with Crippen molar-refractivity contribution in [3.05, 3.63) is 11.6 Å². The fourth-order valence-corrected chi connectivity index (χ4v) is 13.0. The minimum Gasteiger partial charge on any atom is -0.324 e. The Morgan fingerprint density at radius 1 is 0.425 bits per heavy atom. The van der Waals surface area contributed by atoms with Crippen LogP contribution in [0.4, 0.5) is 0 Å². The van der Waals surface area contributed by atoms with Crippen LogP contribution in [0.5, 0.6) is 0 Å². The van der Waals surface area contributed by atoms with Gasteiger partial charge in [-0.1, -0.05) is 177 Å². The number of Topliss-reactive ketones (excluding diaryl/α,β-unsaturated/α-hetero) is 2. The van der Waals surface area contributed by atoms with Crippen molar-refractivity contribution in [3.8, 4) is 0 Å². The molecular weight excluding hydrogens is 1880 g/mol. The molecule has 55 heteroatoms. The Labute approximate surface area is 762 Å². The fraction of sp³-hybridized carbons (Fsp3) is 0.833. The van der Waals surface area contributed by atoms with E-state index in [1.54, 1.807) is 69.2 Å². The summed E-state index contributed by atoms with van der Waals surface area (Å²) in [5.41, 5.74) is -0.535. The third-order valence-corrected chi connectivity index (χ3v) is 23.0. The van der Waals surface area contributed by atoms with Crippen molar-refractivity contribution in [1.82, 2.24) is 70.8 Å². The molecule has 8 amide bonds. The van der Waals surface area contributed by atoms with Gasteiger partial charge in [0.15, 0.2) is 31.3 Å². The third kappa shape index (κ3) is 141. The summed E-state index contributed by atoms with van der Waals surface area (Å²) in [5, 5.41) is 30.0. The third-order valence-electron chi connectivity index (χ3n) is 11.6. The number of hydrogen-bond acceptors (Lipinski definition) is 32. The highest BCUT2D eigenvalue weighted by Gasteiger charge is 2.21. The number of sulfone groups is 3. The van der Waals surface area contributed by atoms with Gasteiger partial charge in [0.1, 0.15) is 54.9 Å². The predicted molar refractivity (Wildman–Crippen MR) is 496 cm³/mol. The van der Waals surface area contributed by atoms with Crippen LogP contribution < -0.4 is 29.5 Å². The lowest BCUT2D eigenvalue weighted by Gasteiger charge is -2.04. The van der Waals surface area contributed by atoms with Gasteiger partial charge in [0.05, 0.1) is 46.3 Å². The van der Waals surface area contributed by atoms with Gasteiger partial charge in [0, 0.05) is 82.0 Å². The molecule has 2 rings (SSSR count). The molecule has 0 aliphatic rings. The van der Waals surface area contributed by atoms with Crippen molar-refractivity contribution in [2.45, 2.75) is 269 Å². The van der Waals surface area contributed by atoms with Gasteiger partial charge >= 0.3 is 15.2 Å². The molecule has 0 fully saturated rings. The molecule has 2 heterocycles. The van der Waals surface area contributed by atoms with Crippen LogP contribution >= 0.6 is 15.2 Å². The number of carbonyl (C=O) groups excluding carboxylic acids is 10. The molecule has 2 aromatic rings. The highest BCUT2D eigenvalue weighted by atomic mass is 32.2. The Morgan fingerprint density at radius 2 is 0.772 bits per heavy atom. The molecule has 45 nitrogen and oxygen atoms in total. The molecule has 0 spiro atoms. The van der Waals surface area contributed by atoms with E-state index in [1.165, 1.54) is 74.2 Å². The normalized spacial score (nSPS) is 11.7. The van der Waals surface area contributed by atoms with Crippen molar-refractivity contribution in [2.75, 3.05) is 60.5 Å². The van der Waals surface area contributed by atoms with Crippen LogP contribution in [-0.2, 0) is 145 Å². The van der Waals surface area contributed by atoms with Crippen LogP contribution in [0.2, 0.25) is 0 Å². The smallest absolute Gasteiger partial charge is 0.324 e. The van der Waals surface area contributed by atoms with Crippen LogP contribution in [0.15, 0.2) is 0 Å². The zero-order valence-corrected chi connectivity index (χ0v) is 89.5. The molecule has 0 radical (unpaired) electrons. The summed E-state index contributed by atoms with van der Waals surface area (Å²) in [5.74, 6) is 0.221. The van der Waals surface area contributed by atoms with Crippen LogP contribution in [-0.4, -0.2) is 260 Å². The summed E-state index contributed by atoms with van der Waals surface area (Å²) in [4.78, 5) is 139. The molecule has 0 saturated heterocycles. The Bertz CT molecular complexity index is 4220. The van der Waals surface area contributed by atoms with Crippen LogP contribution in [0.1, 0.15) is 258 Å². The van der Waals surface area contributed by atoms with E-state index in [1.807, 2.05) is 92.5 Å². The monoisotopic (exact) mass is 2030 g/mol. The minimum absolute atomic E-state index is 0.00694. The average molecular weight is 2030 g/mol. The first kappa shape index (κ1) is 147. The van der Waals surface area contributed by atoms with E-state index in [-0.39, 0.29) is 118 Å². The van der Waals surface area contributed by atoms with E-state index in [9.17, 15) is 116 Å². The quantitative estimate of drug-likeness (QED) is 0.0356. The van der Waals surface area contributed by atoms with E-state index in [2.05, 4.69) is 75.2 Å². The second kappa shape index (κ2) is 76.5. The van der Waals surface area contributed by atoms with E-state index >= 15 is 0 Å². The van der Waals surface area contributed by atoms with E-state index < -0.39 is 125 Å². The van der Waals surface area contributed by atoms with Gasteiger partial charge in [-0.15, -0.1) is 20.4 Å². The minimum atomic E-state index is -3.74. The van der Waals surface area contributed by atoms with Gasteiger partial charge in [0.2, 0.25) is 67.3 Å². The van der Waals surface area contributed by atoms with Gasteiger partial charge in [-0.2, -0.15) is 18.8 Å². The number of tetrazole rings is 2. The number of sulfonamides is 2. The van der Waals surface area contributed by atoms with Gasteiger partial charge in [-0.3, -0.25) is 91.2 Å². The summed E-state index contributed by atoms with van der Waals surface area (Å²) < 4.78 is 184. The maximum Gasteiger partial charge on any atom is 0.328 e. The topological polar surface area (TPSA) is 726 Å². The largest absolute Gasteiger partial charge is 0.328 e. The lowest BCUT2D eigenvalue weighted by molar-refractivity contribution is -0.132. The molecule has 2 unspecified atom stereocenters. The van der Waals surface area contributed by atoms with Gasteiger partial charge in [-0.05, 0) is 83.0 Å². The number of amides is 8. The maximum absolute atomic E-state index is 11.0. The molecule has 127 heavy (non-hydrogen) atoms. The molecule has 0 bridgehead atoms. The molecule has 13 N–H and O–H groups in total. The SMILES string of the molecule is CC(=O)CS(=O)(=O)C(C)C.CC(=O)CS(=O)(=O)CC(C)C.CC(=O)NC(=O)C(C)C.CC(=O)NC(=O)CC(C)C.CC(C)C(=O)NS(C)(=O)=O.CC(C)C(=O)NS(C)=O.CC(C)CC(=O)NS(C)(=O)=O.CC(C)CC(=O)NS(C)=O.CC(C)CP(=O)(O)O.CC(C)CS(C)(=O)=O.CC(C)Cc1nn[nH]n1.CC(C)P(=O)(O)O.CC(C)S(=O)(=O)O.CC(C)c1nn[nH]n1. The number of hydrogen-bond donors (Lipinski definition) is 13. The van der Waals surface area contributed by atoms with E-state index in [0.29, 0.717) is 42.3 Å². The highest BCUT2D eigenvalue weighted by Crippen LogP contribution is 2.40. The van der Waals surface area contributed by atoms with Crippen LogP contribution in [0.3, 0.4) is 0 Å². The molecule has 758 valence electrons. The molecule has 0 saturated carbocycles. The second-order valence-corrected chi connectivity index (χ2v) is 51.3. The van der Waals surface area contributed by atoms with E-state index in [0.717, 1.165) is 30.6 Å². The molecule has 2 aromatic heterocycles. The summed E-state index contributed by atoms with van der Waals surface area (Å²) in [6, 6.07) is 0. The Morgan fingerprint density at radius 3 is 0.945 bits per heavy atom. The van der Waals surface area contributed by atoms with Crippen molar-refractivity contribution >= 4 is 156 Å². The number of imide groups is 2. The summed E-state index contributed by atoms with van der Waals surface area (Å²) in [6.45, 7) is 55.1. The maximum atomic E-state index is 11.0. The Kier molecular flexibility index (Phi) is 88.2. The molecule has 2 atom stereocenters. The number of aromatic amines is 2. The molecule has 0 aliphatic carbocycles. The molecule has 0 aliphatic heterocycles. The number of H-pyrrole nitrogens is 2. The van der Waals surface area contributed by atoms with Gasteiger partial charge < -0.3 is 19.6 Å².